The Morgan fingerprint density at radius 1 is 0.640 bits per heavy atom. The molecule has 25 heavy (non-hydrogen) atoms. The third-order valence-electron chi connectivity index (χ3n) is 5.22. The number of rotatable bonds is 3. The number of halogens is 2. The molecule has 0 bridgehead atoms. The van der Waals surface area contributed by atoms with Crippen LogP contribution in [0.25, 0.3) is 10.6 Å². The van der Waals surface area contributed by atoms with Gasteiger partial charge in [-0.2, -0.15) is 0 Å². The standard InChI is InChI=1S/C20H38N2.2ClH.Ti/c1-19(2,3)21-17-13-9-7-11-15(17)16-12-8-10-14-18(16)22-20(4,5)6;;;/h15-18H,7-14H2,1-6H3;2*1H;/q-2;;;+2/p-2. The van der Waals surface area contributed by atoms with Crippen molar-refractivity contribution >= 4 is 18.6 Å². The van der Waals surface area contributed by atoms with Gasteiger partial charge in [0, 0.05) is 0 Å². The normalized spacial score (nSPS) is 31.0. The average molecular weight is 425 g/mol. The maximum absolute atomic E-state index is 5.21. The zero-order valence-corrected chi connectivity index (χ0v) is 20.2. The molecule has 0 aromatic rings. The average Bonchev–Trinajstić information content (AvgIpc) is 2.46. The van der Waals surface area contributed by atoms with Crippen LogP contribution in [0.1, 0.15) is 92.9 Å². The van der Waals surface area contributed by atoms with Crippen molar-refractivity contribution in [2.75, 3.05) is 0 Å². The first kappa shape index (κ1) is 24.3. The number of hydrogen-bond acceptors (Lipinski definition) is 0. The molecular weight excluding hydrogens is 387 g/mol. The van der Waals surface area contributed by atoms with Crippen LogP contribution in [0.4, 0.5) is 0 Å². The van der Waals surface area contributed by atoms with Crippen LogP contribution < -0.4 is 0 Å². The van der Waals surface area contributed by atoms with Gasteiger partial charge < -0.3 is 10.6 Å². The van der Waals surface area contributed by atoms with E-state index in [0.29, 0.717) is 12.1 Å². The van der Waals surface area contributed by atoms with E-state index in [2.05, 4.69) is 41.5 Å². The topological polar surface area (TPSA) is 28.2 Å². The Kier molecular flexibility index (Phi) is 10.9. The van der Waals surface area contributed by atoms with Crippen molar-refractivity contribution < 1.29 is 17.0 Å². The van der Waals surface area contributed by atoms with Crippen molar-refractivity contribution in [3.05, 3.63) is 10.6 Å². The van der Waals surface area contributed by atoms with Crippen molar-refractivity contribution in [3.8, 4) is 0 Å². The Bertz CT molecular complexity index is 332. The second kappa shape index (κ2) is 11.3. The second-order valence-corrected chi connectivity index (χ2v) is 12.3. The molecule has 4 atom stereocenters. The quantitative estimate of drug-likeness (QED) is 0.413. The molecule has 5 heteroatoms. The van der Waals surface area contributed by atoms with E-state index >= 15 is 0 Å². The maximum atomic E-state index is 5.21. The molecule has 2 nitrogen and oxygen atoms in total. The monoisotopic (exact) mass is 424 g/mol. The number of nitrogens with zero attached hydrogens (tertiary/aromatic N) is 2. The van der Waals surface area contributed by atoms with Gasteiger partial charge in [0.2, 0.25) is 0 Å². The molecule has 0 spiro atoms. The zero-order valence-electron chi connectivity index (χ0n) is 17.1. The number of hydrogen-bond donors (Lipinski definition) is 0. The van der Waals surface area contributed by atoms with Crippen LogP contribution in [-0.4, -0.2) is 23.2 Å². The molecule has 2 saturated carbocycles. The summed E-state index contributed by atoms with van der Waals surface area (Å²) in [5.74, 6) is 1.56. The van der Waals surface area contributed by atoms with Crippen LogP contribution in [0.2, 0.25) is 0 Å². The van der Waals surface area contributed by atoms with Crippen LogP contribution in [0.5, 0.6) is 0 Å². The molecular formula is C20H38Cl2N2Ti-2. The molecule has 2 aliphatic carbocycles. The fourth-order valence-electron chi connectivity index (χ4n) is 4.59. The van der Waals surface area contributed by atoms with E-state index in [4.69, 9.17) is 29.2 Å². The first-order chi connectivity index (χ1) is 11.6. The van der Waals surface area contributed by atoms with Gasteiger partial charge in [0.05, 0.1) is 0 Å². The fourth-order valence-corrected chi connectivity index (χ4v) is 4.59. The van der Waals surface area contributed by atoms with E-state index in [1.807, 2.05) is 0 Å². The van der Waals surface area contributed by atoms with Gasteiger partial charge in [0.15, 0.2) is 0 Å². The van der Waals surface area contributed by atoms with E-state index in [9.17, 15) is 0 Å². The van der Waals surface area contributed by atoms with Gasteiger partial charge in [-0.25, -0.2) is 0 Å². The van der Waals surface area contributed by atoms with Gasteiger partial charge in [0.1, 0.15) is 0 Å². The molecule has 148 valence electrons. The SMILES string of the molecule is CC(C)(C)[N-]C1CCCCC1C1CCCCC1[N-]C(C)(C)C.[Cl][Ti][Cl]. The van der Waals surface area contributed by atoms with Crippen molar-refractivity contribution in [1.29, 1.82) is 0 Å². The Hall–Kier alpha value is 1.21. The molecule has 2 aliphatic rings. The fraction of sp³-hybridized carbons (Fsp3) is 1.00. The molecule has 4 unspecified atom stereocenters. The Labute approximate surface area is 173 Å². The van der Waals surface area contributed by atoms with Gasteiger partial charge in [-0.15, -0.1) is 23.2 Å². The second-order valence-electron chi connectivity index (χ2n) is 9.70. The molecule has 0 aromatic carbocycles. The molecule has 0 amide bonds. The molecule has 2 fully saturated rings. The molecule has 0 aliphatic heterocycles. The minimum absolute atomic E-state index is 0.103. The van der Waals surface area contributed by atoms with E-state index in [0.717, 1.165) is 11.8 Å². The summed E-state index contributed by atoms with van der Waals surface area (Å²) in [6.07, 6.45) is 10.9. The third kappa shape index (κ3) is 9.81. The minimum atomic E-state index is -0.556. The summed E-state index contributed by atoms with van der Waals surface area (Å²) < 4.78 is 0. The van der Waals surface area contributed by atoms with Crippen LogP contribution in [0, 0.1) is 11.8 Å². The first-order valence-corrected chi connectivity index (χ1v) is 14.3. The van der Waals surface area contributed by atoms with Crippen LogP contribution >= 0.6 is 18.6 Å². The van der Waals surface area contributed by atoms with Gasteiger partial charge in [0.25, 0.3) is 0 Å². The summed E-state index contributed by atoms with van der Waals surface area (Å²) in [6, 6.07) is 1.16. The van der Waals surface area contributed by atoms with Gasteiger partial charge in [-0.1, -0.05) is 105 Å². The first-order valence-electron chi connectivity index (χ1n) is 9.97. The summed E-state index contributed by atoms with van der Waals surface area (Å²) in [5.41, 5.74) is 0.206. The predicted molar refractivity (Wildman–Crippen MR) is 109 cm³/mol. The van der Waals surface area contributed by atoms with Gasteiger partial charge in [-0.05, 0) is 0 Å². The van der Waals surface area contributed by atoms with Crippen LogP contribution in [-0.2, 0) is 17.0 Å². The Morgan fingerprint density at radius 2 is 0.920 bits per heavy atom. The predicted octanol–water partition coefficient (Wildman–Crippen LogP) is 7.82. The molecule has 0 radical (unpaired) electrons. The summed E-state index contributed by atoms with van der Waals surface area (Å²) in [7, 11) is 9.78. The van der Waals surface area contributed by atoms with E-state index < -0.39 is 17.0 Å². The summed E-state index contributed by atoms with van der Waals surface area (Å²) in [6.45, 7) is 13.6. The van der Waals surface area contributed by atoms with Crippen molar-refractivity contribution in [1.82, 2.24) is 0 Å². The summed E-state index contributed by atoms with van der Waals surface area (Å²) in [4.78, 5) is 0. The van der Waals surface area contributed by atoms with E-state index in [-0.39, 0.29) is 11.1 Å². The molecule has 2 rings (SSSR count). The van der Waals surface area contributed by atoms with Crippen molar-refractivity contribution in [3.63, 3.8) is 0 Å². The summed E-state index contributed by atoms with van der Waals surface area (Å²) in [5, 5.41) is 10.4. The molecule has 0 aromatic heterocycles. The Morgan fingerprint density at radius 3 is 1.20 bits per heavy atom. The summed E-state index contributed by atoms with van der Waals surface area (Å²) >= 11 is -0.556. The van der Waals surface area contributed by atoms with E-state index in [1.165, 1.54) is 51.4 Å². The van der Waals surface area contributed by atoms with Crippen LogP contribution in [0.3, 0.4) is 0 Å². The molecule has 0 saturated heterocycles. The van der Waals surface area contributed by atoms with Crippen molar-refractivity contribution in [2.24, 2.45) is 11.8 Å². The molecule has 0 N–H and O–H groups in total. The third-order valence-corrected chi connectivity index (χ3v) is 5.22. The Balaban J connectivity index is 0.000000970. The molecule has 0 heterocycles. The van der Waals surface area contributed by atoms with Gasteiger partial charge in [-0.3, -0.25) is 0 Å². The van der Waals surface area contributed by atoms with Crippen molar-refractivity contribution in [2.45, 2.75) is 116 Å². The van der Waals surface area contributed by atoms with Crippen LogP contribution in [0.15, 0.2) is 0 Å². The van der Waals surface area contributed by atoms with Gasteiger partial charge >= 0.3 is 35.6 Å². The van der Waals surface area contributed by atoms with E-state index in [1.54, 1.807) is 0 Å². The zero-order chi connectivity index (χ0) is 19.1.